The van der Waals surface area contributed by atoms with Crippen molar-refractivity contribution in [3.05, 3.63) is 54.4 Å². The van der Waals surface area contributed by atoms with Crippen LogP contribution in [0, 0.1) is 0 Å². The summed E-state index contributed by atoms with van der Waals surface area (Å²) in [7, 11) is 3.95. The predicted molar refractivity (Wildman–Crippen MR) is 105 cm³/mol. The number of hydrogen-bond donors (Lipinski definition) is 1. The van der Waals surface area contributed by atoms with E-state index in [-0.39, 0.29) is 11.7 Å². The quantitative estimate of drug-likeness (QED) is 0.381. The van der Waals surface area contributed by atoms with Crippen LogP contribution in [-0.2, 0) is 4.79 Å². The van der Waals surface area contributed by atoms with E-state index in [2.05, 4.69) is 25.7 Å². The van der Waals surface area contributed by atoms with Crippen LogP contribution in [0.4, 0.5) is 5.69 Å². The molecule has 9 heteroatoms. The van der Waals surface area contributed by atoms with Crippen LogP contribution in [0.15, 0.2) is 63.5 Å². The SMILES string of the molecule is CN(C)c1ccc(/C=N\NC(=O)CSc2nnc(-c3ccncc3)o2)cc1. The van der Waals surface area contributed by atoms with E-state index in [9.17, 15) is 4.79 Å². The van der Waals surface area contributed by atoms with E-state index in [4.69, 9.17) is 4.42 Å². The van der Waals surface area contributed by atoms with E-state index in [1.165, 1.54) is 0 Å². The lowest BCUT2D eigenvalue weighted by molar-refractivity contribution is -0.118. The standard InChI is InChI=1S/C18H18N6O2S/c1-24(2)15-5-3-13(4-6-15)11-20-21-16(25)12-27-18-23-22-17(26-18)14-7-9-19-10-8-14/h3-11H,12H2,1-2H3,(H,21,25)/b20-11-. The number of carbonyl (C=O) groups excluding carboxylic acids is 1. The van der Waals surface area contributed by atoms with Gasteiger partial charge in [-0.05, 0) is 29.8 Å². The van der Waals surface area contributed by atoms with Crippen LogP contribution < -0.4 is 10.3 Å². The summed E-state index contributed by atoms with van der Waals surface area (Å²) >= 11 is 1.15. The summed E-state index contributed by atoms with van der Waals surface area (Å²) in [4.78, 5) is 17.8. The Balaban J connectivity index is 1.46. The highest BCUT2D eigenvalue weighted by Crippen LogP contribution is 2.22. The third kappa shape index (κ3) is 5.38. The summed E-state index contributed by atoms with van der Waals surface area (Å²) in [6, 6.07) is 11.4. The third-order valence-corrected chi connectivity index (χ3v) is 4.29. The maximum absolute atomic E-state index is 11.9. The first-order valence-corrected chi connectivity index (χ1v) is 9.06. The zero-order chi connectivity index (χ0) is 19.1. The fourth-order valence-electron chi connectivity index (χ4n) is 2.08. The van der Waals surface area contributed by atoms with Crippen molar-refractivity contribution in [1.82, 2.24) is 20.6 Å². The van der Waals surface area contributed by atoms with Crippen LogP contribution in [0.3, 0.4) is 0 Å². The summed E-state index contributed by atoms with van der Waals surface area (Å²) < 4.78 is 5.51. The molecule has 3 rings (SSSR count). The molecular weight excluding hydrogens is 364 g/mol. The molecule has 1 aromatic carbocycles. The maximum Gasteiger partial charge on any atom is 0.277 e. The summed E-state index contributed by atoms with van der Waals surface area (Å²) in [6.45, 7) is 0. The highest BCUT2D eigenvalue weighted by atomic mass is 32.2. The van der Waals surface area contributed by atoms with Gasteiger partial charge in [-0.15, -0.1) is 10.2 Å². The molecule has 0 saturated heterocycles. The molecule has 0 bridgehead atoms. The van der Waals surface area contributed by atoms with Gasteiger partial charge < -0.3 is 9.32 Å². The van der Waals surface area contributed by atoms with Crippen molar-refractivity contribution in [2.75, 3.05) is 24.7 Å². The number of hydrogen-bond acceptors (Lipinski definition) is 8. The van der Waals surface area contributed by atoms with Gasteiger partial charge in [-0.2, -0.15) is 5.10 Å². The van der Waals surface area contributed by atoms with Crippen molar-refractivity contribution < 1.29 is 9.21 Å². The topological polar surface area (TPSA) is 96.5 Å². The van der Waals surface area contributed by atoms with Crippen LogP contribution in [-0.4, -0.2) is 47.2 Å². The minimum atomic E-state index is -0.259. The minimum Gasteiger partial charge on any atom is -0.411 e. The largest absolute Gasteiger partial charge is 0.411 e. The van der Waals surface area contributed by atoms with Gasteiger partial charge >= 0.3 is 0 Å². The number of rotatable bonds is 7. The highest BCUT2D eigenvalue weighted by molar-refractivity contribution is 7.99. The molecule has 0 atom stereocenters. The Labute approximate surface area is 160 Å². The third-order valence-electron chi connectivity index (χ3n) is 3.47. The number of nitrogens with one attached hydrogen (secondary N) is 1. The molecule has 8 nitrogen and oxygen atoms in total. The van der Waals surface area contributed by atoms with Gasteiger partial charge in [-0.3, -0.25) is 9.78 Å². The second-order valence-corrected chi connectivity index (χ2v) is 6.60. The Morgan fingerprint density at radius 1 is 1.19 bits per heavy atom. The van der Waals surface area contributed by atoms with Crippen molar-refractivity contribution in [2.24, 2.45) is 5.10 Å². The summed E-state index contributed by atoms with van der Waals surface area (Å²) in [5, 5.41) is 12.1. The molecule has 2 aromatic heterocycles. The van der Waals surface area contributed by atoms with Crippen LogP contribution in [0.1, 0.15) is 5.56 Å². The number of nitrogens with zero attached hydrogens (tertiary/aromatic N) is 5. The molecule has 27 heavy (non-hydrogen) atoms. The van der Waals surface area contributed by atoms with E-state index < -0.39 is 0 Å². The van der Waals surface area contributed by atoms with Crippen molar-refractivity contribution >= 4 is 29.6 Å². The van der Waals surface area contributed by atoms with Crippen LogP contribution in [0.5, 0.6) is 0 Å². The van der Waals surface area contributed by atoms with Crippen LogP contribution in [0.25, 0.3) is 11.5 Å². The predicted octanol–water partition coefficient (Wildman–Crippen LogP) is 2.44. The Morgan fingerprint density at radius 3 is 2.63 bits per heavy atom. The second-order valence-electron chi connectivity index (χ2n) is 5.68. The van der Waals surface area contributed by atoms with E-state index in [0.29, 0.717) is 11.1 Å². The average molecular weight is 382 g/mol. The number of carbonyl (C=O) groups is 1. The molecule has 0 radical (unpaired) electrons. The van der Waals surface area contributed by atoms with Gasteiger partial charge in [0.15, 0.2) is 0 Å². The van der Waals surface area contributed by atoms with Crippen LogP contribution in [0.2, 0.25) is 0 Å². The van der Waals surface area contributed by atoms with Gasteiger partial charge in [0.25, 0.3) is 11.1 Å². The summed E-state index contributed by atoms with van der Waals surface area (Å²) in [5.41, 5.74) is 5.25. The van der Waals surface area contributed by atoms with E-state index >= 15 is 0 Å². The first kappa shape index (κ1) is 18.6. The minimum absolute atomic E-state index is 0.120. The lowest BCUT2D eigenvalue weighted by Crippen LogP contribution is -2.19. The monoisotopic (exact) mass is 382 g/mol. The van der Waals surface area contributed by atoms with Crippen LogP contribution >= 0.6 is 11.8 Å². The zero-order valence-electron chi connectivity index (χ0n) is 14.9. The summed E-state index contributed by atoms with van der Waals surface area (Å²) in [5.74, 6) is 0.249. The molecule has 0 aliphatic heterocycles. The van der Waals surface area contributed by atoms with Crippen molar-refractivity contribution in [2.45, 2.75) is 5.22 Å². The molecule has 0 saturated carbocycles. The highest BCUT2D eigenvalue weighted by Gasteiger charge is 2.10. The molecule has 1 N–H and O–H groups in total. The Hall–Kier alpha value is -3.20. The molecule has 0 aliphatic carbocycles. The van der Waals surface area contributed by atoms with Gasteiger partial charge in [0.1, 0.15) is 0 Å². The van der Waals surface area contributed by atoms with Crippen molar-refractivity contribution in [1.29, 1.82) is 0 Å². The lowest BCUT2D eigenvalue weighted by Gasteiger charge is -2.11. The number of hydrazone groups is 1. The summed E-state index contributed by atoms with van der Waals surface area (Å²) in [6.07, 6.45) is 4.88. The smallest absolute Gasteiger partial charge is 0.277 e. The molecule has 0 aliphatic rings. The van der Waals surface area contributed by atoms with Gasteiger partial charge in [0, 0.05) is 37.7 Å². The number of aromatic nitrogens is 3. The zero-order valence-corrected chi connectivity index (χ0v) is 15.7. The number of pyridine rings is 1. The number of benzene rings is 1. The molecular formula is C18H18N6O2S. The number of anilines is 1. The molecule has 1 amide bonds. The molecule has 138 valence electrons. The first-order valence-electron chi connectivity index (χ1n) is 8.08. The lowest BCUT2D eigenvalue weighted by atomic mass is 10.2. The van der Waals surface area contributed by atoms with Gasteiger partial charge in [-0.1, -0.05) is 23.9 Å². The molecule has 2 heterocycles. The first-order chi connectivity index (χ1) is 13.1. The van der Waals surface area contributed by atoms with Gasteiger partial charge in [-0.25, -0.2) is 5.43 Å². The molecule has 0 spiro atoms. The average Bonchev–Trinajstić information content (AvgIpc) is 3.16. The Bertz CT molecular complexity index is 909. The number of thioether (sulfide) groups is 1. The maximum atomic E-state index is 11.9. The Kier molecular flexibility index (Phi) is 6.16. The van der Waals surface area contributed by atoms with Gasteiger partial charge in [0.2, 0.25) is 5.89 Å². The molecule has 0 unspecified atom stereocenters. The van der Waals surface area contributed by atoms with Crippen molar-refractivity contribution in [3.8, 4) is 11.5 Å². The fourth-order valence-corrected chi connectivity index (χ4v) is 2.63. The van der Waals surface area contributed by atoms with E-state index in [0.717, 1.165) is 28.6 Å². The van der Waals surface area contributed by atoms with E-state index in [1.807, 2.05) is 43.3 Å². The normalized spacial score (nSPS) is 10.9. The fraction of sp³-hybridized carbons (Fsp3) is 0.167. The van der Waals surface area contributed by atoms with Crippen molar-refractivity contribution in [3.63, 3.8) is 0 Å². The van der Waals surface area contributed by atoms with E-state index in [1.54, 1.807) is 30.7 Å². The second kappa shape index (κ2) is 8.95. The molecule has 0 fully saturated rings. The number of amides is 1. The van der Waals surface area contributed by atoms with Gasteiger partial charge in [0.05, 0.1) is 12.0 Å². The molecule has 3 aromatic rings. The Morgan fingerprint density at radius 2 is 1.93 bits per heavy atom.